The molecule has 1 atom stereocenters. The number of nitrogens with one attached hydrogen (secondary N) is 1. The van der Waals surface area contributed by atoms with Crippen LogP contribution in [0.25, 0.3) is 0 Å². The number of carbonyl (C=O) groups is 2. The molecule has 0 spiro atoms. The number of aliphatic carboxylic acids is 1. The van der Waals surface area contributed by atoms with E-state index in [1.54, 1.807) is 20.8 Å². The van der Waals surface area contributed by atoms with E-state index in [0.29, 0.717) is 5.13 Å². The van der Waals surface area contributed by atoms with Crippen LogP contribution >= 0.6 is 11.3 Å². The van der Waals surface area contributed by atoms with Crippen molar-refractivity contribution in [3.8, 4) is 0 Å². The lowest BCUT2D eigenvalue weighted by Gasteiger charge is -2.25. The van der Waals surface area contributed by atoms with Crippen LogP contribution in [0.3, 0.4) is 0 Å². The molecule has 0 saturated heterocycles. The summed E-state index contributed by atoms with van der Waals surface area (Å²) in [7, 11) is 0. The summed E-state index contributed by atoms with van der Waals surface area (Å²) in [5.41, 5.74) is 0.423. The highest BCUT2D eigenvalue weighted by Gasteiger charge is 2.38. The Hall–Kier alpha value is -1.43. The molecule has 0 bridgehead atoms. The molecule has 1 aliphatic carbocycles. The van der Waals surface area contributed by atoms with E-state index in [-0.39, 0.29) is 0 Å². The van der Waals surface area contributed by atoms with E-state index in [9.17, 15) is 14.7 Å². The van der Waals surface area contributed by atoms with E-state index in [1.807, 2.05) is 0 Å². The Kier molecular flexibility index (Phi) is 4.13. The molecule has 0 fully saturated rings. The second-order valence-electron chi connectivity index (χ2n) is 6.22. The minimum atomic E-state index is -1.10. The molecule has 20 heavy (non-hydrogen) atoms. The number of carbonyl (C=O) groups excluding carboxylic acids is 1. The maximum Gasteiger partial charge on any atom is 0.316 e. The largest absolute Gasteiger partial charge is 0.481 e. The highest BCUT2D eigenvalue weighted by Crippen LogP contribution is 2.31. The van der Waals surface area contributed by atoms with Gasteiger partial charge < -0.3 is 10.4 Å². The van der Waals surface area contributed by atoms with E-state index >= 15 is 0 Å². The van der Waals surface area contributed by atoms with Crippen molar-refractivity contribution >= 4 is 28.3 Å². The van der Waals surface area contributed by atoms with Gasteiger partial charge in [-0.15, -0.1) is 11.3 Å². The summed E-state index contributed by atoms with van der Waals surface area (Å²) in [5.74, 6) is -2.67. The summed E-state index contributed by atoms with van der Waals surface area (Å²) in [6.45, 7) is 5.24. The van der Waals surface area contributed by atoms with Crippen LogP contribution in [-0.4, -0.2) is 22.0 Å². The van der Waals surface area contributed by atoms with Crippen LogP contribution in [-0.2, 0) is 22.4 Å². The summed E-state index contributed by atoms with van der Waals surface area (Å²) in [5, 5.41) is 12.4. The number of anilines is 1. The predicted molar refractivity (Wildman–Crippen MR) is 78.0 cm³/mol. The van der Waals surface area contributed by atoms with Gasteiger partial charge in [0, 0.05) is 4.88 Å². The zero-order valence-corrected chi connectivity index (χ0v) is 12.8. The molecule has 1 aromatic rings. The van der Waals surface area contributed by atoms with Gasteiger partial charge in [-0.1, -0.05) is 20.8 Å². The molecule has 0 aromatic carbocycles. The Morgan fingerprint density at radius 3 is 2.50 bits per heavy atom. The number of amides is 1. The minimum absolute atomic E-state index is 0.490. The van der Waals surface area contributed by atoms with Crippen molar-refractivity contribution in [1.29, 1.82) is 0 Å². The van der Waals surface area contributed by atoms with Crippen LogP contribution in [0.4, 0.5) is 5.13 Å². The van der Waals surface area contributed by atoms with Crippen molar-refractivity contribution in [2.24, 2.45) is 11.3 Å². The molecule has 110 valence electrons. The average Bonchev–Trinajstić information content (AvgIpc) is 2.67. The second-order valence-corrected chi connectivity index (χ2v) is 7.31. The minimum Gasteiger partial charge on any atom is -0.481 e. The normalized spacial score (nSPS) is 16.4. The number of carboxylic acid groups (broad SMARTS) is 1. The average molecular weight is 296 g/mol. The fourth-order valence-electron chi connectivity index (χ4n) is 2.46. The maximum atomic E-state index is 12.2. The molecule has 0 aliphatic heterocycles. The number of fused-ring (bicyclic) bond motifs is 1. The van der Waals surface area contributed by atoms with E-state index in [4.69, 9.17) is 0 Å². The number of thiazole rings is 1. The van der Waals surface area contributed by atoms with Crippen molar-refractivity contribution in [2.45, 2.75) is 46.5 Å². The van der Waals surface area contributed by atoms with Crippen molar-refractivity contribution < 1.29 is 14.7 Å². The summed E-state index contributed by atoms with van der Waals surface area (Å²) in [6.07, 6.45) is 4.24. The van der Waals surface area contributed by atoms with Gasteiger partial charge in [0.25, 0.3) is 0 Å². The van der Waals surface area contributed by atoms with Crippen LogP contribution in [0.5, 0.6) is 0 Å². The van der Waals surface area contributed by atoms with E-state index in [2.05, 4.69) is 10.3 Å². The van der Waals surface area contributed by atoms with Gasteiger partial charge in [-0.3, -0.25) is 9.59 Å². The molecule has 0 saturated carbocycles. The van der Waals surface area contributed by atoms with Gasteiger partial charge in [0.2, 0.25) is 5.91 Å². The number of aryl methyl sites for hydroxylation is 2. The molecule has 1 unspecified atom stereocenters. The van der Waals surface area contributed by atoms with Crippen molar-refractivity contribution in [3.05, 3.63) is 10.6 Å². The molecular formula is C14H20N2O3S. The maximum absolute atomic E-state index is 12.2. The van der Waals surface area contributed by atoms with Gasteiger partial charge in [-0.2, -0.15) is 0 Å². The molecule has 1 aromatic heterocycles. The number of rotatable bonds is 3. The Morgan fingerprint density at radius 1 is 1.30 bits per heavy atom. The highest BCUT2D eigenvalue weighted by atomic mass is 32.1. The topological polar surface area (TPSA) is 79.3 Å². The number of hydrogen-bond acceptors (Lipinski definition) is 4. The quantitative estimate of drug-likeness (QED) is 0.841. The Labute approximate surface area is 122 Å². The fourth-order valence-corrected chi connectivity index (χ4v) is 3.51. The standard InChI is InChI=1S/C14H20N2O3S/c1-14(2,3)10(12(18)19)11(17)16-13-15-8-6-4-5-7-9(8)20-13/h10H,4-7H2,1-3H3,(H,18,19)(H,15,16,17). The summed E-state index contributed by atoms with van der Waals surface area (Å²) in [4.78, 5) is 29.1. The van der Waals surface area contributed by atoms with Crippen LogP contribution in [0.15, 0.2) is 0 Å². The third-order valence-corrected chi connectivity index (χ3v) is 4.52. The van der Waals surface area contributed by atoms with Crippen LogP contribution < -0.4 is 5.32 Å². The first-order valence-corrected chi connectivity index (χ1v) is 7.63. The summed E-state index contributed by atoms with van der Waals surface area (Å²) >= 11 is 1.47. The zero-order chi connectivity index (χ0) is 14.9. The van der Waals surface area contributed by atoms with Crippen molar-refractivity contribution in [2.75, 3.05) is 5.32 Å². The molecule has 2 N–H and O–H groups in total. The lowest BCUT2D eigenvalue weighted by molar-refractivity contribution is -0.149. The van der Waals surface area contributed by atoms with E-state index in [0.717, 1.165) is 31.4 Å². The second kappa shape index (κ2) is 5.52. The Balaban J connectivity index is 2.14. The third kappa shape index (κ3) is 3.17. The van der Waals surface area contributed by atoms with Gasteiger partial charge in [-0.05, 0) is 31.1 Å². The molecule has 6 heteroatoms. The van der Waals surface area contributed by atoms with Gasteiger partial charge in [0.15, 0.2) is 5.13 Å². The molecule has 5 nitrogen and oxygen atoms in total. The van der Waals surface area contributed by atoms with Gasteiger partial charge >= 0.3 is 5.97 Å². The summed E-state index contributed by atoms with van der Waals surface area (Å²) < 4.78 is 0. The van der Waals surface area contributed by atoms with Crippen molar-refractivity contribution in [1.82, 2.24) is 4.98 Å². The number of nitrogens with zero attached hydrogens (tertiary/aromatic N) is 1. The van der Waals surface area contributed by atoms with Crippen LogP contribution in [0, 0.1) is 11.3 Å². The smallest absolute Gasteiger partial charge is 0.316 e. The SMILES string of the molecule is CC(C)(C)C(C(=O)O)C(=O)Nc1nc2c(s1)CCCC2. The first kappa shape index (κ1) is 15.0. The van der Waals surface area contributed by atoms with Crippen LogP contribution in [0.1, 0.15) is 44.2 Å². The van der Waals surface area contributed by atoms with Crippen molar-refractivity contribution in [3.63, 3.8) is 0 Å². The Morgan fingerprint density at radius 2 is 1.95 bits per heavy atom. The van der Waals surface area contributed by atoms with Gasteiger partial charge in [-0.25, -0.2) is 4.98 Å². The first-order chi connectivity index (χ1) is 9.29. The third-order valence-electron chi connectivity index (χ3n) is 3.45. The van der Waals surface area contributed by atoms with Crippen LogP contribution in [0.2, 0.25) is 0 Å². The number of carboxylic acids is 1. The van der Waals surface area contributed by atoms with Gasteiger partial charge in [0.1, 0.15) is 5.92 Å². The zero-order valence-electron chi connectivity index (χ0n) is 12.0. The van der Waals surface area contributed by atoms with Gasteiger partial charge in [0.05, 0.1) is 5.69 Å². The first-order valence-electron chi connectivity index (χ1n) is 6.81. The Bertz CT molecular complexity index is 508. The molecule has 1 aliphatic rings. The summed E-state index contributed by atoms with van der Waals surface area (Å²) in [6, 6.07) is 0. The highest BCUT2D eigenvalue weighted by molar-refractivity contribution is 7.15. The lowest BCUT2D eigenvalue weighted by Crippen LogP contribution is -2.39. The fraction of sp³-hybridized carbons (Fsp3) is 0.643. The monoisotopic (exact) mass is 296 g/mol. The van der Waals surface area contributed by atoms with E-state index in [1.165, 1.54) is 16.2 Å². The van der Waals surface area contributed by atoms with E-state index < -0.39 is 23.2 Å². The number of hydrogen-bond donors (Lipinski definition) is 2. The lowest BCUT2D eigenvalue weighted by atomic mass is 9.80. The number of aromatic nitrogens is 1. The molecule has 0 radical (unpaired) electrons. The molecular weight excluding hydrogens is 276 g/mol. The molecule has 2 rings (SSSR count). The molecule has 1 heterocycles. The predicted octanol–water partition coefficient (Wildman–Crippen LogP) is 2.71. The molecule has 1 amide bonds.